The maximum atomic E-state index is 12.1. The number of nitrogens with zero attached hydrogens (tertiary/aromatic N) is 1. The van der Waals surface area contributed by atoms with E-state index in [1.165, 1.54) is 0 Å². The summed E-state index contributed by atoms with van der Waals surface area (Å²) >= 11 is 3.33. The van der Waals surface area contributed by atoms with Gasteiger partial charge >= 0.3 is 0 Å². The highest BCUT2D eigenvalue weighted by Crippen LogP contribution is 2.36. The molecular formula is C12H10BrNO2. The monoisotopic (exact) mass is 279 g/mol. The third-order valence-corrected chi connectivity index (χ3v) is 4.11. The number of alkyl halides is 1. The van der Waals surface area contributed by atoms with Gasteiger partial charge in [0.15, 0.2) is 5.78 Å². The molecule has 82 valence electrons. The molecule has 1 atom stereocenters. The Hall–Kier alpha value is -1.34. The summed E-state index contributed by atoms with van der Waals surface area (Å²) in [7, 11) is 0. The van der Waals surface area contributed by atoms with Gasteiger partial charge in [-0.25, -0.2) is 0 Å². The number of rotatable bonds is 0. The van der Waals surface area contributed by atoms with E-state index >= 15 is 0 Å². The molecule has 0 saturated carbocycles. The van der Waals surface area contributed by atoms with Crippen LogP contribution in [0.1, 0.15) is 29.8 Å². The lowest BCUT2D eigenvalue weighted by molar-refractivity contribution is 0.0668. The number of halogens is 1. The van der Waals surface area contributed by atoms with Crippen LogP contribution in [0.15, 0.2) is 18.2 Å². The summed E-state index contributed by atoms with van der Waals surface area (Å²) in [6.45, 7) is 3.71. The minimum atomic E-state index is -0.571. The van der Waals surface area contributed by atoms with Gasteiger partial charge in [0.05, 0.1) is 17.2 Å². The lowest BCUT2D eigenvalue weighted by Crippen LogP contribution is -2.46. The Balaban J connectivity index is 2.56. The number of hydrogen-bond donors (Lipinski definition) is 0. The molecule has 0 N–H and O–H groups in total. The van der Waals surface area contributed by atoms with E-state index in [1.807, 2.05) is 19.9 Å². The quantitative estimate of drug-likeness (QED) is 0.686. The van der Waals surface area contributed by atoms with E-state index in [-0.39, 0.29) is 10.6 Å². The lowest BCUT2D eigenvalue weighted by Gasteiger charge is -2.35. The smallest absolute Gasteiger partial charge is 0.184 e. The van der Waals surface area contributed by atoms with Gasteiger partial charge in [-0.3, -0.25) is 4.79 Å². The first-order chi connectivity index (χ1) is 7.45. The second-order valence-corrected chi connectivity index (χ2v) is 5.17. The fraction of sp³-hybridized carbons (Fsp3) is 0.333. The van der Waals surface area contributed by atoms with Gasteiger partial charge in [-0.2, -0.15) is 5.26 Å². The largest absolute Gasteiger partial charge is 0.485 e. The summed E-state index contributed by atoms with van der Waals surface area (Å²) in [5.74, 6) is 0.507. The molecule has 16 heavy (non-hydrogen) atoms. The van der Waals surface area contributed by atoms with Crippen molar-refractivity contribution in [2.24, 2.45) is 0 Å². The molecule has 0 fully saturated rings. The van der Waals surface area contributed by atoms with Gasteiger partial charge in [-0.1, -0.05) is 15.9 Å². The van der Waals surface area contributed by atoms with Crippen molar-refractivity contribution >= 4 is 21.7 Å². The number of benzene rings is 1. The highest BCUT2D eigenvalue weighted by atomic mass is 79.9. The van der Waals surface area contributed by atoms with Crippen molar-refractivity contribution < 1.29 is 9.53 Å². The SMILES string of the molecule is CC1(C)Oc2ccc(C#N)cc2C(=O)C1Br. The summed E-state index contributed by atoms with van der Waals surface area (Å²) in [5, 5.41) is 8.78. The molecule has 0 radical (unpaired) electrons. The van der Waals surface area contributed by atoms with E-state index in [0.717, 1.165) is 0 Å². The normalized spacial score (nSPS) is 21.9. The van der Waals surface area contributed by atoms with Crippen LogP contribution in [0.2, 0.25) is 0 Å². The van der Waals surface area contributed by atoms with Crippen LogP contribution in [-0.2, 0) is 0 Å². The Morgan fingerprint density at radius 2 is 2.19 bits per heavy atom. The van der Waals surface area contributed by atoms with E-state index in [2.05, 4.69) is 15.9 Å². The Morgan fingerprint density at radius 1 is 1.50 bits per heavy atom. The van der Waals surface area contributed by atoms with Crippen LogP contribution in [0.3, 0.4) is 0 Å². The molecule has 1 aliphatic heterocycles. The number of ketones is 1. The van der Waals surface area contributed by atoms with Crippen LogP contribution in [-0.4, -0.2) is 16.2 Å². The molecule has 0 spiro atoms. The predicted molar refractivity (Wildman–Crippen MR) is 62.9 cm³/mol. The highest BCUT2D eigenvalue weighted by Gasteiger charge is 2.41. The number of carbonyl (C=O) groups excluding carboxylic acids is 1. The fourth-order valence-electron chi connectivity index (χ4n) is 1.67. The van der Waals surface area contributed by atoms with E-state index < -0.39 is 5.60 Å². The van der Waals surface area contributed by atoms with Crippen molar-refractivity contribution in [1.82, 2.24) is 0 Å². The zero-order valence-corrected chi connectivity index (χ0v) is 10.5. The van der Waals surface area contributed by atoms with Gasteiger partial charge in [0.2, 0.25) is 0 Å². The Morgan fingerprint density at radius 3 is 2.81 bits per heavy atom. The molecule has 0 aliphatic carbocycles. The van der Waals surface area contributed by atoms with Gasteiger partial charge in [0.1, 0.15) is 16.2 Å². The van der Waals surface area contributed by atoms with Crippen molar-refractivity contribution in [2.75, 3.05) is 0 Å². The van der Waals surface area contributed by atoms with E-state index in [1.54, 1.807) is 18.2 Å². The Kier molecular flexibility index (Phi) is 2.51. The highest BCUT2D eigenvalue weighted by molar-refractivity contribution is 9.10. The van der Waals surface area contributed by atoms with Crippen LogP contribution in [0.25, 0.3) is 0 Å². The van der Waals surface area contributed by atoms with Gasteiger partial charge in [-0.15, -0.1) is 0 Å². The third-order valence-electron chi connectivity index (χ3n) is 2.59. The molecule has 1 aliphatic rings. The third kappa shape index (κ3) is 1.61. The number of carbonyl (C=O) groups is 1. The number of fused-ring (bicyclic) bond motifs is 1. The number of Topliss-reactive ketones (excluding diaryl/α,β-unsaturated/α-hetero) is 1. The van der Waals surface area contributed by atoms with Crippen molar-refractivity contribution in [3.05, 3.63) is 29.3 Å². The van der Waals surface area contributed by atoms with Crippen molar-refractivity contribution in [3.63, 3.8) is 0 Å². The number of ether oxygens (including phenoxy) is 1. The lowest BCUT2D eigenvalue weighted by atomic mass is 9.92. The Labute approximate surface area is 102 Å². The molecule has 1 unspecified atom stereocenters. The summed E-state index contributed by atoms with van der Waals surface area (Å²) in [5.41, 5.74) is 0.369. The van der Waals surface area contributed by atoms with Crippen LogP contribution in [0.5, 0.6) is 5.75 Å². The fourth-order valence-corrected chi connectivity index (χ4v) is 2.01. The zero-order valence-electron chi connectivity index (χ0n) is 8.95. The Bertz CT molecular complexity index is 502. The predicted octanol–water partition coefficient (Wildman–Crippen LogP) is 2.68. The second-order valence-electron chi connectivity index (χ2n) is 4.26. The molecular weight excluding hydrogens is 270 g/mol. The van der Waals surface area contributed by atoms with E-state index in [4.69, 9.17) is 10.00 Å². The average Bonchev–Trinajstić information content (AvgIpc) is 2.25. The summed E-state index contributed by atoms with van der Waals surface area (Å²) in [4.78, 5) is 11.7. The molecule has 0 bridgehead atoms. The molecule has 0 saturated heterocycles. The maximum Gasteiger partial charge on any atom is 0.184 e. The van der Waals surface area contributed by atoms with Crippen LogP contribution in [0.4, 0.5) is 0 Å². The van der Waals surface area contributed by atoms with Gasteiger partial charge in [0, 0.05) is 0 Å². The van der Waals surface area contributed by atoms with Gasteiger partial charge in [0.25, 0.3) is 0 Å². The molecule has 1 aromatic carbocycles. The van der Waals surface area contributed by atoms with Gasteiger partial charge < -0.3 is 4.74 Å². The first-order valence-electron chi connectivity index (χ1n) is 4.87. The zero-order chi connectivity index (χ0) is 11.9. The number of hydrogen-bond acceptors (Lipinski definition) is 3. The first-order valence-corrected chi connectivity index (χ1v) is 5.79. The van der Waals surface area contributed by atoms with Crippen LogP contribution >= 0.6 is 15.9 Å². The standard InChI is InChI=1S/C12H10BrNO2/c1-12(2)11(13)10(15)8-5-7(6-14)3-4-9(8)16-12/h3-5,11H,1-2H3. The molecule has 2 rings (SSSR count). The molecule has 3 nitrogen and oxygen atoms in total. The number of nitriles is 1. The van der Waals surface area contributed by atoms with Crippen LogP contribution in [0, 0.1) is 11.3 Å². The summed E-state index contributed by atoms with van der Waals surface area (Å²) in [6.07, 6.45) is 0. The second kappa shape index (κ2) is 3.60. The van der Waals surface area contributed by atoms with E-state index in [9.17, 15) is 4.79 Å². The molecule has 1 heterocycles. The van der Waals surface area contributed by atoms with Gasteiger partial charge in [-0.05, 0) is 32.0 Å². The van der Waals surface area contributed by atoms with Crippen LogP contribution < -0.4 is 4.74 Å². The van der Waals surface area contributed by atoms with Crippen molar-refractivity contribution in [3.8, 4) is 11.8 Å². The summed E-state index contributed by atoms with van der Waals surface area (Å²) < 4.78 is 5.72. The minimum absolute atomic E-state index is 0.0386. The average molecular weight is 280 g/mol. The molecule has 0 amide bonds. The molecule has 4 heteroatoms. The molecule has 0 aromatic heterocycles. The van der Waals surface area contributed by atoms with Crippen molar-refractivity contribution in [1.29, 1.82) is 5.26 Å². The van der Waals surface area contributed by atoms with E-state index in [0.29, 0.717) is 16.9 Å². The topological polar surface area (TPSA) is 50.1 Å². The minimum Gasteiger partial charge on any atom is -0.485 e. The maximum absolute atomic E-state index is 12.1. The summed E-state index contributed by atoms with van der Waals surface area (Å²) in [6, 6.07) is 6.90. The molecule has 1 aromatic rings. The first kappa shape index (κ1) is 11.2. The van der Waals surface area contributed by atoms with Crippen molar-refractivity contribution in [2.45, 2.75) is 24.3 Å².